The second-order valence-corrected chi connectivity index (χ2v) is 8.21. The molecule has 3 N–H and O–H groups in total. The maximum Gasteiger partial charge on any atom is 0.256 e. The van der Waals surface area contributed by atoms with Crippen molar-refractivity contribution in [2.45, 2.75) is 30.9 Å². The van der Waals surface area contributed by atoms with Gasteiger partial charge in [-0.15, -0.1) is 0 Å². The number of nitrogens with zero attached hydrogens (tertiary/aromatic N) is 4. The molecule has 3 aromatic rings. The predicted molar refractivity (Wildman–Crippen MR) is 108 cm³/mol. The van der Waals surface area contributed by atoms with Crippen molar-refractivity contribution in [1.29, 1.82) is 0 Å². The maximum absolute atomic E-state index is 13.7. The monoisotopic (exact) mass is 434 g/mol. The lowest BCUT2D eigenvalue weighted by molar-refractivity contribution is 0.0897. The van der Waals surface area contributed by atoms with Gasteiger partial charge in [0.1, 0.15) is 17.2 Å². The van der Waals surface area contributed by atoms with Crippen LogP contribution in [0.25, 0.3) is 5.65 Å². The van der Waals surface area contributed by atoms with E-state index in [1.165, 1.54) is 23.7 Å². The number of aromatic nitrogens is 4. The van der Waals surface area contributed by atoms with Crippen molar-refractivity contribution in [3.8, 4) is 0 Å². The second kappa shape index (κ2) is 7.69. The number of anilines is 1. The van der Waals surface area contributed by atoms with Crippen molar-refractivity contribution >= 4 is 29.0 Å². The van der Waals surface area contributed by atoms with E-state index in [0.29, 0.717) is 30.0 Å². The summed E-state index contributed by atoms with van der Waals surface area (Å²) in [5, 5.41) is 14.7. The summed E-state index contributed by atoms with van der Waals surface area (Å²) >= 11 is 5.71. The molecule has 0 aromatic carbocycles. The average molecular weight is 435 g/mol. The third-order valence-corrected chi connectivity index (χ3v) is 5.11. The molecule has 2 atom stereocenters. The van der Waals surface area contributed by atoms with Crippen LogP contribution in [0.4, 0.5) is 10.2 Å². The Kier molecular flexibility index (Phi) is 5.20. The van der Waals surface area contributed by atoms with Gasteiger partial charge in [-0.1, -0.05) is 11.6 Å². The molecule has 30 heavy (non-hydrogen) atoms. The van der Waals surface area contributed by atoms with Gasteiger partial charge in [-0.25, -0.2) is 13.9 Å². The van der Waals surface area contributed by atoms with Crippen LogP contribution in [0.15, 0.2) is 35.5 Å². The van der Waals surface area contributed by atoms with Gasteiger partial charge in [0.15, 0.2) is 10.7 Å². The van der Waals surface area contributed by atoms with Gasteiger partial charge < -0.3 is 20.3 Å². The number of rotatable bonds is 5. The number of H-pyrrole nitrogens is 1. The minimum atomic E-state index is -1.57. The van der Waals surface area contributed by atoms with Gasteiger partial charge in [-0.3, -0.25) is 9.59 Å². The Labute approximate surface area is 175 Å². The number of hydrogen-bond acceptors (Lipinski definition) is 6. The number of amides is 1. The number of carbonyl (C=O) groups is 1. The zero-order valence-corrected chi connectivity index (χ0v) is 16.9. The zero-order chi connectivity index (χ0) is 21.5. The van der Waals surface area contributed by atoms with Crippen molar-refractivity contribution in [1.82, 2.24) is 24.9 Å². The Morgan fingerprint density at radius 1 is 1.53 bits per heavy atom. The summed E-state index contributed by atoms with van der Waals surface area (Å²) in [6.07, 6.45) is 5.56. The van der Waals surface area contributed by atoms with Gasteiger partial charge in [0, 0.05) is 24.5 Å². The lowest BCUT2D eigenvalue weighted by atomic mass is 10.1. The molecule has 11 heteroatoms. The van der Waals surface area contributed by atoms with Crippen LogP contribution < -0.4 is 15.8 Å². The molecule has 1 aliphatic rings. The molecular weight excluding hydrogens is 415 g/mol. The van der Waals surface area contributed by atoms with Crippen molar-refractivity contribution < 1.29 is 14.3 Å². The molecule has 1 amide bonds. The molecule has 0 radical (unpaired) electrons. The lowest BCUT2D eigenvalue weighted by Gasteiger charge is -2.25. The Bertz CT molecular complexity index is 1160. The minimum absolute atomic E-state index is 0.152. The Morgan fingerprint density at radius 3 is 3.10 bits per heavy atom. The Balaban J connectivity index is 1.67. The number of fused-ring (bicyclic) bond motifs is 1. The molecule has 158 valence electrons. The normalized spacial score (nSPS) is 18.5. The van der Waals surface area contributed by atoms with Crippen LogP contribution >= 0.6 is 11.6 Å². The third kappa shape index (κ3) is 4.01. The molecule has 4 heterocycles. The highest BCUT2D eigenvalue weighted by Gasteiger charge is 2.30. The van der Waals surface area contributed by atoms with Crippen molar-refractivity contribution in [3.05, 3.63) is 58.0 Å². The van der Waals surface area contributed by atoms with Gasteiger partial charge >= 0.3 is 0 Å². The fourth-order valence-electron chi connectivity index (χ4n) is 3.60. The zero-order valence-electron chi connectivity index (χ0n) is 16.1. The Hall–Kier alpha value is -2.98. The van der Waals surface area contributed by atoms with E-state index in [1.54, 1.807) is 12.3 Å². The number of alkyl halides is 1. The van der Waals surface area contributed by atoms with E-state index in [4.69, 9.17) is 11.6 Å². The highest BCUT2D eigenvalue weighted by atomic mass is 35.5. The second-order valence-electron chi connectivity index (χ2n) is 7.39. The van der Waals surface area contributed by atoms with Gasteiger partial charge in [-0.05, 0) is 31.9 Å². The molecule has 9 nitrogen and oxygen atoms in total. The molecule has 1 fully saturated rings. The number of aromatic amines is 1. The summed E-state index contributed by atoms with van der Waals surface area (Å²) in [6.45, 7) is 1.85. The fourth-order valence-corrected chi connectivity index (χ4v) is 3.67. The smallest absolute Gasteiger partial charge is 0.256 e. The van der Waals surface area contributed by atoms with Gasteiger partial charge in [0.2, 0.25) is 0 Å². The maximum atomic E-state index is 13.7. The number of carbonyl (C=O) groups excluding carboxylic acids is 1. The first kappa shape index (κ1) is 20.3. The topological polar surface area (TPSA) is 116 Å². The van der Waals surface area contributed by atoms with E-state index >= 15 is 0 Å². The summed E-state index contributed by atoms with van der Waals surface area (Å²) in [5.74, 6) is -0.438. The summed E-state index contributed by atoms with van der Waals surface area (Å²) in [5.41, 5.74) is 0.534. The van der Waals surface area contributed by atoms with E-state index in [2.05, 4.69) is 20.4 Å². The van der Waals surface area contributed by atoms with Crippen LogP contribution in [-0.2, 0) is 0 Å². The van der Waals surface area contributed by atoms with Gasteiger partial charge in [-0.2, -0.15) is 5.10 Å². The summed E-state index contributed by atoms with van der Waals surface area (Å²) in [6, 6.07) is 2.65. The molecule has 1 unspecified atom stereocenters. The Morgan fingerprint density at radius 2 is 2.33 bits per heavy atom. The van der Waals surface area contributed by atoms with Crippen LogP contribution in [-0.4, -0.2) is 48.7 Å². The molecule has 0 bridgehead atoms. The molecule has 1 aliphatic heterocycles. The first-order valence-corrected chi connectivity index (χ1v) is 9.79. The quantitative estimate of drug-likeness (QED) is 0.525. The number of hydrogen-bond donors (Lipinski definition) is 3. The highest BCUT2D eigenvalue weighted by molar-refractivity contribution is 6.22. The van der Waals surface area contributed by atoms with Crippen LogP contribution in [0, 0.1) is 5.82 Å². The molecule has 0 aliphatic carbocycles. The first-order valence-electron chi connectivity index (χ1n) is 9.41. The van der Waals surface area contributed by atoms with Crippen molar-refractivity contribution in [2.75, 3.05) is 18.0 Å². The molecule has 3 aromatic heterocycles. The molecule has 1 saturated heterocycles. The molecule has 0 saturated carbocycles. The van der Waals surface area contributed by atoms with E-state index < -0.39 is 16.8 Å². The molecule has 4 rings (SSSR count). The van der Waals surface area contributed by atoms with Crippen LogP contribution in [0.3, 0.4) is 0 Å². The average Bonchev–Trinajstić information content (AvgIpc) is 3.34. The van der Waals surface area contributed by atoms with Gasteiger partial charge in [0.05, 0.1) is 18.8 Å². The summed E-state index contributed by atoms with van der Waals surface area (Å²) in [7, 11) is 0. The van der Waals surface area contributed by atoms with E-state index in [-0.39, 0.29) is 23.7 Å². The van der Waals surface area contributed by atoms with Crippen LogP contribution in [0.2, 0.25) is 0 Å². The number of nitrogens with one attached hydrogen (secondary N) is 2. The van der Waals surface area contributed by atoms with Crippen molar-refractivity contribution in [2.24, 2.45) is 0 Å². The minimum Gasteiger partial charge on any atom is -0.373 e. The summed E-state index contributed by atoms with van der Waals surface area (Å²) < 4.78 is 15.2. The van der Waals surface area contributed by atoms with E-state index in [1.807, 2.05) is 4.90 Å². The largest absolute Gasteiger partial charge is 0.373 e. The highest BCUT2D eigenvalue weighted by Crippen LogP contribution is 2.34. The molecular formula is C19H20ClFN6O3. The third-order valence-electron chi connectivity index (χ3n) is 4.97. The first-order chi connectivity index (χ1) is 14.2. The lowest BCUT2D eigenvalue weighted by Crippen LogP contribution is -2.36. The number of halogens is 2. The SMILES string of the molecule is CC(O)(Cl)CNC(=O)c1cnn2ccc(N3CCC[C@@H]3c3cc(F)c[nH]c3=O)nc12. The van der Waals surface area contributed by atoms with E-state index in [9.17, 15) is 19.1 Å². The summed E-state index contributed by atoms with van der Waals surface area (Å²) in [4.78, 5) is 33.6. The van der Waals surface area contributed by atoms with Crippen molar-refractivity contribution in [3.63, 3.8) is 0 Å². The number of aliphatic hydroxyl groups is 1. The van der Waals surface area contributed by atoms with E-state index in [0.717, 1.165) is 12.6 Å². The molecule has 0 spiro atoms. The fraction of sp³-hybridized carbons (Fsp3) is 0.368. The van der Waals surface area contributed by atoms with Gasteiger partial charge in [0.25, 0.3) is 11.5 Å². The predicted octanol–water partition coefficient (Wildman–Crippen LogP) is 1.58. The standard InChI is InChI=1S/C19H20ClFN6O3/c1-19(20,30)10-23-18(29)13-9-24-27-6-4-15(25-16(13)27)26-5-2-3-14(26)12-7-11(21)8-22-17(12)28/h4,6-9,14,30H,2-3,5,10H2,1H3,(H,22,28)(H,23,29)/t14-,19?/m1/s1. The van der Waals surface area contributed by atoms with Crippen LogP contribution in [0.5, 0.6) is 0 Å². The van der Waals surface area contributed by atoms with Crippen LogP contribution in [0.1, 0.15) is 41.7 Å². The number of pyridine rings is 1.